The lowest BCUT2D eigenvalue weighted by Crippen LogP contribution is -2.60. The molecule has 4 heteroatoms. The molecule has 3 fully saturated rings. The molecule has 0 amide bonds. The molecule has 3 rings (SSSR count). The molecule has 3 aliphatic carbocycles. The second kappa shape index (κ2) is 5.62. The summed E-state index contributed by atoms with van der Waals surface area (Å²) in [7, 11) is -2.05. The first-order valence-corrected chi connectivity index (χ1v) is 10.5. The lowest BCUT2D eigenvalue weighted by Gasteiger charge is -2.53. The largest absolute Gasteiger partial charge is 0.410 e. The Labute approximate surface area is 130 Å². The predicted molar refractivity (Wildman–Crippen MR) is 86.8 cm³/mol. The van der Waals surface area contributed by atoms with Gasteiger partial charge in [-0.15, -0.1) is 0 Å². The van der Waals surface area contributed by atoms with Crippen LogP contribution in [0.2, 0.25) is 16.6 Å². The maximum absolute atomic E-state index is 12.2. The minimum Gasteiger partial charge on any atom is -0.410 e. The number of ketones is 2. The van der Waals surface area contributed by atoms with Gasteiger partial charge in [-0.2, -0.15) is 0 Å². The molecule has 0 N–H and O–H groups in total. The molecule has 0 radical (unpaired) electrons. The topological polar surface area (TPSA) is 43.4 Å². The van der Waals surface area contributed by atoms with E-state index in [2.05, 4.69) is 41.5 Å². The third-order valence-corrected chi connectivity index (χ3v) is 12.0. The van der Waals surface area contributed by atoms with E-state index in [1.165, 1.54) is 0 Å². The first-order valence-electron chi connectivity index (χ1n) is 8.40. The summed E-state index contributed by atoms with van der Waals surface area (Å²) < 4.78 is 6.88. The van der Waals surface area contributed by atoms with E-state index in [-0.39, 0.29) is 17.5 Å². The number of hydrogen-bond acceptors (Lipinski definition) is 3. The van der Waals surface area contributed by atoms with Gasteiger partial charge in [0.25, 0.3) is 0 Å². The van der Waals surface area contributed by atoms with Crippen molar-refractivity contribution >= 4 is 19.9 Å². The van der Waals surface area contributed by atoms with Gasteiger partial charge in [-0.25, -0.2) is 0 Å². The van der Waals surface area contributed by atoms with E-state index < -0.39 is 13.9 Å². The van der Waals surface area contributed by atoms with E-state index in [1.807, 2.05) is 0 Å². The summed E-state index contributed by atoms with van der Waals surface area (Å²) in [5.41, 5.74) is 0.971. The van der Waals surface area contributed by atoms with Gasteiger partial charge in [-0.3, -0.25) is 9.59 Å². The quantitative estimate of drug-likeness (QED) is 0.563. The van der Waals surface area contributed by atoms with Crippen LogP contribution in [0.3, 0.4) is 0 Å². The molecule has 0 saturated heterocycles. The maximum Gasteiger partial charge on any atom is 0.201 e. The number of rotatable bonds is 5. The Morgan fingerprint density at radius 1 is 0.952 bits per heavy atom. The van der Waals surface area contributed by atoms with Crippen LogP contribution in [0, 0.1) is 5.92 Å². The second-order valence-electron chi connectivity index (χ2n) is 7.98. The molecule has 3 nitrogen and oxygen atoms in total. The third kappa shape index (κ3) is 2.65. The van der Waals surface area contributed by atoms with Crippen molar-refractivity contribution in [2.45, 2.75) is 89.5 Å². The zero-order valence-electron chi connectivity index (χ0n) is 14.4. The summed E-state index contributed by atoms with van der Waals surface area (Å²) in [5, 5.41) is 0. The van der Waals surface area contributed by atoms with E-state index in [4.69, 9.17) is 4.43 Å². The number of fused-ring (bicyclic) bond motifs is 3. The van der Waals surface area contributed by atoms with E-state index in [1.54, 1.807) is 0 Å². The number of Topliss-reactive ketones (excluding diaryl/α,β-unsaturated/α-hetero) is 2. The molecule has 3 aliphatic rings. The van der Waals surface area contributed by atoms with Crippen LogP contribution in [0.25, 0.3) is 0 Å². The van der Waals surface area contributed by atoms with Crippen LogP contribution in [0.5, 0.6) is 0 Å². The Hall–Kier alpha value is -0.483. The van der Waals surface area contributed by atoms with Crippen LogP contribution < -0.4 is 0 Å². The molecule has 0 aromatic carbocycles. The van der Waals surface area contributed by atoms with Crippen LogP contribution in [0.4, 0.5) is 0 Å². The second-order valence-corrected chi connectivity index (χ2v) is 13.4. The third-order valence-electron chi connectivity index (χ3n) is 5.76. The van der Waals surface area contributed by atoms with E-state index in [9.17, 15) is 9.59 Å². The Morgan fingerprint density at radius 3 is 1.71 bits per heavy atom. The Kier molecular flexibility index (Phi) is 4.51. The lowest BCUT2D eigenvalue weighted by atomic mass is 9.66. The summed E-state index contributed by atoms with van der Waals surface area (Å²) in [4.78, 5) is 24.4. The highest BCUT2D eigenvalue weighted by Crippen LogP contribution is 2.51. The summed E-state index contributed by atoms with van der Waals surface area (Å²) in [5.74, 6) is -0.0722. The summed E-state index contributed by atoms with van der Waals surface area (Å²) in [6, 6.07) is 0. The highest BCUT2D eigenvalue weighted by atomic mass is 28.4. The van der Waals surface area contributed by atoms with Crippen molar-refractivity contribution < 1.29 is 14.0 Å². The fraction of sp³-hybridized carbons (Fsp3) is 0.882. The van der Waals surface area contributed by atoms with E-state index >= 15 is 0 Å². The first-order chi connectivity index (χ1) is 9.64. The number of carbonyl (C=O) groups excluding carboxylic acids is 2. The average molecular weight is 311 g/mol. The Balaban J connectivity index is 2.36. The van der Waals surface area contributed by atoms with Gasteiger partial charge in [0, 0.05) is 12.8 Å². The summed E-state index contributed by atoms with van der Waals surface area (Å²) >= 11 is 0. The molecule has 0 aliphatic heterocycles. The molecule has 0 aromatic heterocycles. The van der Waals surface area contributed by atoms with E-state index in [0.29, 0.717) is 35.9 Å². The smallest absolute Gasteiger partial charge is 0.201 e. The van der Waals surface area contributed by atoms with Gasteiger partial charge in [0.15, 0.2) is 0 Å². The van der Waals surface area contributed by atoms with Crippen molar-refractivity contribution in [3.05, 3.63) is 0 Å². The zero-order valence-corrected chi connectivity index (χ0v) is 15.4. The van der Waals surface area contributed by atoms with Gasteiger partial charge in [0.1, 0.15) is 11.6 Å². The van der Waals surface area contributed by atoms with Crippen LogP contribution in [0.1, 0.15) is 67.2 Å². The summed E-state index contributed by atoms with van der Waals surface area (Å²) in [6.07, 6.45) is 2.52. The van der Waals surface area contributed by atoms with Gasteiger partial charge in [0.2, 0.25) is 8.32 Å². The molecule has 0 spiro atoms. The molecule has 21 heavy (non-hydrogen) atoms. The predicted octanol–water partition coefficient (Wildman–Crippen LogP) is 4.26. The van der Waals surface area contributed by atoms with Crippen molar-refractivity contribution in [1.82, 2.24) is 0 Å². The zero-order chi connectivity index (χ0) is 16.0. The van der Waals surface area contributed by atoms with Crippen molar-refractivity contribution in [1.29, 1.82) is 0 Å². The standard InChI is InChI=1S/C17H30O3Si/c1-11(2)21(12(3)4,13(5)6)20-17-8-7-14(15(18)9-17)16(19)10-17/h11-14H,7-10H2,1-6H3. The van der Waals surface area contributed by atoms with Crippen molar-refractivity contribution in [2.75, 3.05) is 0 Å². The van der Waals surface area contributed by atoms with Crippen LogP contribution in [0.15, 0.2) is 0 Å². The minimum absolute atomic E-state index is 0.122. The Morgan fingerprint density at radius 2 is 1.38 bits per heavy atom. The Bertz CT molecular complexity index is 400. The first kappa shape index (κ1) is 16.9. The monoisotopic (exact) mass is 310 g/mol. The van der Waals surface area contributed by atoms with Crippen LogP contribution >= 0.6 is 0 Å². The van der Waals surface area contributed by atoms with Crippen molar-refractivity contribution in [3.8, 4) is 0 Å². The molecule has 3 saturated carbocycles. The molecule has 0 heterocycles. The fourth-order valence-electron chi connectivity index (χ4n) is 4.88. The van der Waals surface area contributed by atoms with Gasteiger partial charge in [-0.1, -0.05) is 41.5 Å². The van der Waals surface area contributed by atoms with Crippen LogP contribution in [-0.4, -0.2) is 25.5 Å². The molecular formula is C17H30O3Si. The molecule has 0 aromatic rings. The number of carbonyl (C=O) groups is 2. The van der Waals surface area contributed by atoms with Crippen LogP contribution in [-0.2, 0) is 14.0 Å². The molecule has 120 valence electrons. The molecule has 0 unspecified atom stereocenters. The van der Waals surface area contributed by atoms with Gasteiger partial charge < -0.3 is 4.43 Å². The fourth-order valence-corrected chi connectivity index (χ4v) is 10.6. The number of hydrogen-bond donors (Lipinski definition) is 0. The highest BCUT2D eigenvalue weighted by Gasteiger charge is 2.56. The summed E-state index contributed by atoms with van der Waals surface area (Å²) in [6.45, 7) is 13.5. The SMILES string of the molecule is CC(C)[Si](OC12CCC(C(=O)C1)C(=O)C2)(C(C)C)C(C)C. The van der Waals surface area contributed by atoms with E-state index in [0.717, 1.165) is 6.42 Å². The normalized spacial score (nSPS) is 30.0. The van der Waals surface area contributed by atoms with Crippen molar-refractivity contribution in [3.63, 3.8) is 0 Å². The van der Waals surface area contributed by atoms with Gasteiger partial charge >= 0.3 is 0 Å². The minimum atomic E-state index is -2.05. The van der Waals surface area contributed by atoms with Gasteiger partial charge in [0.05, 0.1) is 11.5 Å². The highest BCUT2D eigenvalue weighted by molar-refractivity contribution is 6.77. The molecular weight excluding hydrogens is 280 g/mol. The maximum atomic E-state index is 12.2. The average Bonchev–Trinajstić information content (AvgIpc) is 2.34. The molecule has 2 bridgehead atoms. The van der Waals surface area contributed by atoms with Crippen molar-refractivity contribution in [2.24, 2.45) is 5.92 Å². The molecule has 0 atom stereocenters. The lowest BCUT2D eigenvalue weighted by molar-refractivity contribution is -0.152. The van der Waals surface area contributed by atoms with Gasteiger partial charge in [-0.05, 0) is 29.5 Å².